The number of ether oxygens (including phenoxy) is 1. The van der Waals surface area contributed by atoms with Gasteiger partial charge in [0.1, 0.15) is 5.60 Å². The Balaban J connectivity index is 1.78. The van der Waals surface area contributed by atoms with E-state index in [1.165, 1.54) is 19.3 Å². The molecule has 4 fully saturated rings. The molecule has 0 atom stereocenters. The second kappa shape index (κ2) is 3.22. The molecule has 0 aromatic heterocycles. The van der Waals surface area contributed by atoms with Crippen LogP contribution in [0.2, 0.25) is 0 Å². The molecule has 0 heterocycles. The maximum absolute atomic E-state index is 11.3. The van der Waals surface area contributed by atoms with Crippen LogP contribution in [0.15, 0.2) is 0 Å². The van der Waals surface area contributed by atoms with Gasteiger partial charge in [-0.3, -0.25) is 4.79 Å². The van der Waals surface area contributed by atoms with Crippen molar-refractivity contribution in [1.29, 1.82) is 0 Å². The molecule has 4 aliphatic rings. The van der Waals surface area contributed by atoms with Crippen LogP contribution >= 0.6 is 0 Å². The summed E-state index contributed by atoms with van der Waals surface area (Å²) >= 11 is 0. The normalized spacial score (nSPS) is 44.4. The summed E-state index contributed by atoms with van der Waals surface area (Å²) < 4.78 is 5.40. The van der Waals surface area contributed by atoms with E-state index in [2.05, 4.69) is 0 Å². The average molecular weight is 223 g/mol. The number of hydrogen-bond acceptors (Lipinski definition) is 3. The summed E-state index contributed by atoms with van der Waals surface area (Å²) in [7, 11) is 0. The van der Waals surface area contributed by atoms with E-state index in [0.29, 0.717) is 17.8 Å². The highest BCUT2D eigenvalue weighted by molar-refractivity contribution is 6.31. The predicted octanol–water partition coefficient (Wildman–Crippen LogP) is 0.984. The quantitative estimate of drug-likeness (QED) is 0.532. The molecular weight excluding hydrogens is 206 g/mol. The third kappa shape index (κ3) is 1.51. The second-order valence-electron chi connectivity index (χ2n) is 5.85. The smallest absolute Gasteiger partial charge is 0.397 e. The van der Waals surface area contributed by atoms with Gasteiger partial charge in [-0.2, -0.15) is 0 Å². The average Bonchev–Trinajstić information content (AvgIpc) is 2.13. The van der Waals surface area contributed by atoms with Crippen LogP contribution in [0, 0.1) is 17.8 Å². The van der Waals surface area contributed by atoms with Crippen molar-refractivity contribution in [2.24, 2.45) is 23.5 Å². The van der Waals surface area contributed by atoms with Crippen LogP contribution in [0.1, 0.15) is 38.5 Å². The Labute approximate surface area is 94.5 Å². The van der Waals surface area contributed by atoms with Gasteiger partial charge in [-0.25, -0.2) is 4.79 Å². The van der Waals surface area contributed by atoms with E-state index in [1.807, 2.05) is 0 Å². The summed E-state index contributed by atoms with van der Waals surface area (Å²) in [4.78, 5) is 22.1. The first-order valence-corrected chi connectivity index (χ1v) is 6.09. The van der Waals surface area contributed by atoms with Gasteiger partial charge in [0.2, 0.25) is 0 Å². The van der Waals surface area contributed by atoms with Gasteiger partial charge in [0.25, 0.3) is 0 Å². The van der Waals surface area contributed by atoms with Crippen molar-refractivity contribution >= 4 is 11.9 Å². The van der Waals surface area contributed by atoms with E-state index in [0.717, 1.165) is 19.3 Å². The molecule has 4 rings (SSSR count). The maximum atomic E-state index is 11.3. The second-order valence-corrected chi connectivity index (χ2v) is 5.85. The Hall–Kier alpha value is -1.06. The Kier molecular flexibility index (Phi) is 2.03. The molecule has 2 N–H and O–H groups in total. The first-order chi connectivity index (χ1) is 7.56. The number of hydrogen-bond donors (Lipinski definition) is 1. The Morgan fingerprint density at radius 3 is 1.81 bits per heavy atom. The van der Waals surface area contributed by atoms with Gasteiger partial charge < -0.3 is 10.5 Å². The lowest BCUT2D eigenvalue weighted by atomic mass is 9.54. The molecule has 4 heteroatoms. The standard InChI is InChI=1S/C12H17NO3/c13-10(14)11(15)16-12-4-7-1-8(5-12)3-9(2-7)6-12/h7-9H,1-6H2,(H2,13,14). The highest BCUT2D eigenvalue weighted by Gasteiger charge is 2.53. The third-order valence-corrected chi connectivity index (χ3v) is 4.49. The molecule has 4 bridgehead atoms. The molecule has 4 saturated carbocycles. The van der Waals surface area contributed by atoms with Crippen molar-refractivity contribution in [2.45, 2.75) is 44.1 Å². The van der Waals surface area contributed by atoms with Crippen LogP contribution < -0.4 is 5.73 Å². The summed E-state index contributed by atoms with van der Waals surface area (Å²) in [5, 5.41) is 0. The molecule has 16 heavy (non-hydrogen) atoms. The van der Waals surface area contributed by atoms with Crippen molar-refractivity contribution in [3.63, 3.8) is 0 Å². The fraction of sp³-hybridized carbons (Fsp3) is 0.833. The number of amides is 1. The fourth-order valence-corrected chi connectivity index (χ4v) is 4.40. The van der Waals surface area contributed by atoms with E-state index < -0.39 is 11.9 Å². The molecule has 4 nitrogen and oxygen atoms in total. The Morgan fingerprint density at radius 1 is 1.00 bits per heavy atom. The van der Waals surface area contributed by atoms with Crippen molar-refractivity contribution in [2.75, 3.05) is 0 Å². The number of carbonyl (C=O) groups excluding carboxylic acids is 2. The lowest BCUT2D eigenvalue weighted by Crippen LogP contribution is -2.53. The number of esters is 1. The molecule has 0 unspecified atom stereocenters. The summed E-state index contributed by atoms with van der Waals surface area (Å²) in [5.41, 5.74) is 4.61. The zero-order valence-electron chi connectivity index (χ0n) is 9.28. The lowest BCUT2D eigenvalue weighted by Gasteiger charge is -2.55. The summed E-state index contributed by atoms with van der Waals surface area (Å²) in [6, 6.07) is 0. The van der Waals surface area contributed by atoms with E-state index in [9.17, 15) is 9.59 Å². The van der Waals surface area contributed by atoms with Gasteiger partial charge in [0.05, 0.1) is 0 Å². The van der Waals surface area contributed by atoms with Gasteiger partial charge >= 0.3 is 11.9 Å². The Bertz CT molecular complexity index is 315. The molecule has 4 aliphatic carbocycles. The minimum Gasteiger partial charge on any atom is -0.452 e. The third-order valence-electron chi connectivity index (χ3n) is 4.49. The zero-order chi connectivity index (χ0) is 11.3. The van der Waals surface area contributed by atoms with Crippen molar-refractivity contribution in [3.8, 4) is 0 Å². The largest absolute Gasteiger partial charge is 0.452 e. The molecule has 0 aromatic carbocycles. The van der Waals surface area contributed by atoms with Gasteiger partial charge in [-0.1, -0.05) is 0 Å². The first-order valence-electron chi connectivity index (χ1n) is 6.09. The van der Waals surface area contributed by atoms with E-state index in [4.69, 9.17) is 10.5 Å². The van der Waals surface area contributed by atoms with E-state index in [1.54, 1.807) is 0 Å². The highest BCUT2D eigenvalue weighted by Crippen LogP contribution is 2.57. The summed E-state index contributed by atoms with van der Waals surface area (Å²) in [5.74, 6) is 0.295. The fourth-order valence-electron chi connectivity index (χ4n) is 4.40. The maximum Gasteiger partial charge on any atom is 0.397 e. The number of primary amides is 1. The summed E-state index contributed by atoms with van der Waals surface area (Å²) in [6.45, 7) is 0. The molecule has 0 aliphatic heterocycles. The molecule has 0 radical (unpaired) electrons. The monoisotopic (exact) mass is 223 g/mol. The van der Waals surface area contributed by atoms with Gasteiger partial charge in [0, 0.05) is 0 Å². The number of nitrogens with two attached hydrogens (primary N) is 1. The van der Waals surface area contributed by atoms with Crippen molar-refractivity contribution in [3.05, 3.63) is 0 Å². The van der Waals surface area contributed by atoms with Crippen LogP contribution in [0.25, 0.3) is 0 Å². The summed E-state index contributed by atoms with van der Waals surface area (Å²) in [6.07, 6.45) is 6.68. The van der Waals surface area contributed by atoms with Gasteiger partial charge in [0.15, 0.2) is 0 Å². The molecule has 0 saturated heterocycles. The minimum atomic E-state index is -0.962. The van der Waals surface area contributed by atoms with Crippen LogP contribution in [0.5, 0.6) is 0 Å². The molecule has 0 spiro atoms. The van der Waals surface area contributed by atoms with Crippen molar-refractivity contribution in [1.82, 2.24) is 0 Å². The first kappa shape index (κ1) is 10.1. The van der Waals surface area contributed by atoms with Crippen LogP contribution in [-0.2, 0) is 14.3 Å². The lowest BCUT2D eigenvalue weighted by molar-refractivity contribution is -0.188. The molecule has 88 valence electrons. The molecular formula is C12H17NO3. The SMILES string of the molecule is NC(=O)C(=O)OC12CC3CC(CC(C3)C1)C2. The molecule has 0 aromatic rings. The number of rotatable bonds is 1. The topological polar surface area (TPSA) is 69.4 Å². The van der Waals surface area contributed by atoms with Crippen LogP contribution in [0.3, 0.4) is 0 Å². The Morgan fingerprint density at radius 2 is 1.44 bits per heavy atom. The van der Waals surface area contributed by atoms with Crippen LogP contribution in [-0.4, -0.2) is 17.5 Å². The number of carbonyl (C=O) groups is 2. The van der Waals surface area contributed by atoms with Gasteiger partial charge in [-0.15, -0.1) is 0 Å². The predicted molar refractivity (Wildman–Crippen MR) is 56.2 cm³/mol. The highest BCUT2D eigenvalue weighted by atomic mass is 16.6. The van der Waals surface area contributed by atoms with Crippen LogP contribution in [0.4, 0.5) is 0 Å². The van der Waals surface area contributed by atoms with Crippen molar-refractivity contribution < 1.29 is 14.3 Å². The van der Waals surface area contributed by atoms with E-state index >= 15 is 0 Å². The van der Waals surface area contributed by atoms with E-state index in [-0.39, 0.29) is 5.60 Å². The molecule has 1 amide bonds. The minimum absolute atomic E-state index is 0.346. The van der Waals surface area contributed by atoms with Gasteiger partial charge in [-0.05, 0) is 56.3 Å². The zero-order valence-corrected chi connectivity index (χ0v) is 9.28.